The average molecular weight is 425 g/mol. The summed E-state index contributed by atoms with van der Waals surface area (Å²) in [5, 5.41) is 6.68. The number of carbonyl (C=O) groups excluding carboxylic acids is 1. The Labute approximate surface area is 183 Å². The van der Waals surface area contributed by atoms with Crippen molar-refractivity contribution in [1.82, 2.24) is 20.5 Å². The van der Waals surface area contributed by atoms with Crippen molar-refractivity contribution in [3.05, 3.63) is 42.3 Å². The molecular weight excluding hydrogens is 392 g/mol. The lowest BCUT2D eigenvalue weighted by molar-refractivity contribution is -0.140. The number of nitrogens with one attached hydrogen (secondary N) is 2. The third-order valence-electron chi connectivity index (χ3n) is 7.39. The molecule has 3 aliphatic rings. The van der Waals surface area contributed by atoms with E-state index in [0.29, 0.717) is 24.4 Å². The summed E-state index contributed by atoms with van der Waals surface area (Å²) in [6.45, 7) is 5.87. The highest BCUT2D eigenvalue weighted by Crippen LogP contribution is 2.46. The molecule has 1 amide bonds. The van der Waals surface area contributed by atoms with Crippen molar-refractivity contribution in [3.8, 4) is 11.5 Å². The van der Waals surface area contributed by atoms with E-state index in [1.807, 2.05) is 30.3 Å². The highest BCUT2D eigenvalue weighted by atomic mass is 16.5. The summed E-state index contributed by atoms with van der Waals surface area (Å²) in [4.78, 5) is 20.6. The second-order valence-electron chi connectivity index (χ2n) is 9.09. The number of piperidine rings is 1. The van der Waals surface area contributed by atoms with Crippen molar-refractivity contribution < 1.29 is 13.9 Å². The van der Waals surface area contributed by atoms with Gasteiger partial charge in [-0.15, -0.1) is 0 Å². The van der Waals surface area contributed by atoms with Crippen molar-refractivity contribution in [1.29, 1.82) is 0 Å². The van der Waals surface area contributed by atoms with Crippen molar-refractivity contribution in [2.24, 2.45) is 11.3 Å². The van der Waals surface area contributed by atoms with Crippen LogP contribution >= 0.6 is 0 Å². The number of oxazole rings is 1. The number of hydrogen-bond acceptors (Lipinski definition) is 6. The molecule has 2 aromatic rings. The van der Waals surface area contributed by atoms with E-state index < -0.39 is 0 Å². The second-order valence-corrected chi connectivity index (χ2v) is 9.09. The number of aromatic nitrogens is 1. The zero-order valence-electron chi connectivity index (χ0n) is 18.0. The van der Waals surface area contributed by atoms with Gasteiger partial charge in [0.2, 0.25) is 11.8 Å². The number of fused-ring (bicyclic) bond motifs is 1. The second kappa shape index (κ2) is 9.10. The maximum Gasteiger partial charge on any atom is 0.228 e. The summed E-state index contributed by atoms with van der Waals surface area (Å²) in [5.74, 6) is 1.17. The Bertz CT molecular complexity index is 880. The van der Waals surface area contributed by atoms with Gasteiger partial charge in [0.1, 0.15) is 6.26 Å². The van der Waals surface area contributed by atoms with Crippen LogP contribution in [-0.4, -0.2) is 61.2 Å². The van der Waals surface area contributed by atoms with E-state index in [0.717, 1.165) is 76.3 Å². The van der Waals surface area contributed by atoms with E-state index in [-0.39, 0.29) is 11.3 Å². The fourth-order valence-corrected chi connectivity index (χ4v) is 5.62. The molecule has 7 nitrogen and oxygen atoms in total. The summed E-state index contributed by atoms with van der Waals surface area (Å²) in [5.41, 5.74) is 1.38. The van der Waals surface area contributed by atoms with E-state index in [2.05, 4.69) is 20.5 Å². The van der Waals surface area contributed by atoms with Crippen LogP contribution < -0.4 is 10.6 Å². The molecule has 1 saturated carbocycles. The number of carbonyl (C=O) groups is 1. The Hall–Kier alpha value is -2.22. The molecule has 0 bridgehead atoms. The summed E-state index contributed by atoms with van der Waals surface area (Å²) >= 11 is 0. The minimum absolute atomic E-state index is 0.161. The largest absolute Gasteiger partial charge is 0.444 e. The lowest BCUT2D eigenvalue weighted by atomic mass is 9.61. The van der Waals surface area contributed by atoms with Gasteiger partial charge in [-0.2, -0.15) is 0 Å². The van der Waals surface area contributed by atoms with Gasteiger partial charge in [0, 0.05) is 31.2 Å². The zero-order chi connectivity index (χ0) is 21.1. The summed E-state index contributed by atoms with van der Waals surface area (Å²) in [7, 11) is 0. The van der Waals surface area contributed by atoms with Crippen molar-refractivity contribution in [3.63, 3.8) is 0 Å². The molecule has 2 N–H and O–H groups in total. The molecule has 0 unspecified atom stereocenters. The molecule has 2 aliphatic heterocycles. The Kier molecular flexibility index (Phi) is 6.07. The minimum Gasteiger partial charge on any atom is -0.444 e. The van der Waals surface area contributed by atoms with Gasteiger partial charge >= 0.3 is 0 Å². The lowest BCUT2D eigenvalue weighted by Crippen LogP contribution is -2.60. The molecule has 1 aromatic heterocycles. The SMILES string of the molecule is O=C(NCc1coc(-c2ccccc2)n1)[C@@]12CC[C@@H](N3CCOCC3)C[C@H]1CCNC2. The molecule has 7 heteroatoms. The monoisotopic (exact) mass is 424 g/mol. The maximum atomic E-state index is 13.4. The van der Waals surface area contributed by atoms with E-state index in [9.17, 15) is 4.79 Å². The number of benzene rings is 1. The molecule has 1 aliphatic carbocycles. The molecule has 1 aromatic carbocycles. The first kappa shape index (κ1) is 20.7. The Morgan fingerprint density at radius 3 is 2.90 bits per heavy atom. The van der Waals surface area contributed by atoms with E-state index in [1.165, 1.54) is 0 Å². The van der Waals surface area contributed by atoms with Crippen LogP contribution in [0.3, 0.4) is 0 Å². The van der Waals surface area contributed by atoms with Crippen LogP contribution in [0.4, 0.5) is 0 Å². The van der Waals surface area contributed by atoms with Gasteiger partial charge in [-0.05, 0) is 50.3 Å². The molecule has 166 valence electrons. The number of ether oxygens (including phenoxy) is 1. The molecule has 3 heterocycles. The smallest absolute Gasteiger partial charge is 0.228 e. The standard InChI is InChI=1S/C24H32N4O3/c29-23(26-15-20-16-31-22(27-20)18-4-2-1-3-5-18)24-8-6-21(28-10-12-30-13-11-28)14-19(24)7-9-25-17-24/h1-5,16,19,21,25H,6-15,17H2,(H,26,29)/t19-,21-,24-/m1/s1. The van der Waals surface area contributed by atoms with Crippen LogP contribution in [0.15, 0.2) is 41.0 Å². The predicted octanol–water partition coefficient (Wildman–Crippen LogP) is 2.44. The van der Waals surface area contributed by atoms with Crippen molar-refractivity contribution >= 4 is 5.91 Å². The van der Waals surface area contributed by atoms with E-state index >= 15 is 0 Å². The Morgan fingerprint density at radius 2 is 2.06 bits per heavy atom. The molecule has 5 rings (SSSR count). The lowest BCUT2D eigenvalue weighted by Gasteiger charge is -2.50. The first-order valence-corrected chi connectivity index (χ1v) is 11.6. The van der Waals surface area contributed by atoms with Crippen LogP contribution in [0, 0.1) is 11.3 Å². The van der Waals surface area contributed by atoms with Crippen LogP contribution in [0.5, 0.6) is 0 Å². The molecule has 2 saturated heterocycles. The Balaban J connectivity index is 1.23. The summed E-state index contributed by atoms with van der Waals surface area (Å²) < 4.78 is 11.2. The minimum atomic E-state index is -0.312. The quantitative estimate of drug-likeness (QED) is 0.768. The molecule has 0 radical (unpaired) electrons. The zero-order valence-corrected chi connectivity index (χ0v) is 18.0. The fourth-order valence-electron chi connectivity index (χ4n) is 5.62. The number of morpholine rings is 1. The van der Waals surface area contributed by atoms with Gasteiger partial charge in [0.25, 0.3) is 0 Å². The summed E-state index contributed by atoms with van der Waals surface area (Å²) in [6, 6.07) is 10.4. The van der Waals surface area contributed by atoms with Crippen molar-refractivity contribution in [2.45, 2.75) is 38.3 Å². The molecule has 3 atom stereocenters. The van der Waals surface area contributed by atoms with Crippen LogP contribution in [0.25, 0.3) is 11.5 Å². The number of amides is 1. The average Bonchev–Trinajstić information content (AvgIpc) is 3.32. The molecule has 0 spiro atoms. The van der Waals surface area contributed by atoms with Gasteiger partial charge < -0.3 is 19.8 Å². The van der Waals surface area contributed by atoms with E-state index in [1.54, 1.807) is 6.26 Å². The first-order valence-electron chi connectivity index (χ1n) is 11.6. The van der Waals surface area contributed by atoms with Gasteiger partial charge in [0.15, 0.2) is 0 Å². The van der Waals surface area contributed by atoms with E-state index in [4.69, 9.17) is 9.15 Å². The summed E-state index contributed by atoms with van der Waals surface area (Å²) in [6.07, 6.45) is 5.83. The normalized spacial score (nSPS) is 29.3. The van der Waals surface area contributed by atoms with Crippen LogP contribution in [-0.2, 0) is 16.1 Å². The van der Waals surface area contributed by atoms with Crippen LogP contribution in [0.1, 0.15) is 31.4 Å². The highest BCUT2D eigenvalue weighted by Gasteiger charge is 2.50. The third kappa shape index (κ3) is 4.27. The topological polar surface area (TPSA) is 79.6 Å². The third-order valence-corrected chi connectivity index (χ3v) is 7.39. The van der Waals surface area contributed by atoms with Crippen molar-refractivity contribution in [2.75, 3.05) is 39.4 Å². The number of nitrogens with zero attached hydrogens (tertiary/aromatic N) is 2. The molecule has 3 fully saturated rings. The Morgan fingerprint density at radius 1 is 1.23 bits per heavy atom. The highest BCUT2D eigenvalue weighted by molar-refractivity contribution is 5.83. The predicted molar refractivity (Wildman–Crippen MR) is 117 cm³/mol. The van der Waals surface area contributed by atoms with Gasteiger partial charge in [0.05, 0.1) is 30.9 Å². The fraction of sp³-hybridized carbons (Fsp3) is 0.583. The molecule has 31 heavy (non-hydrogen) atoms. The molecular formula is C24H32N4O3. The number of rotatable bonds is 5. The van der Waals surface area contributed by atoms with Gasteiger partial charge in [-0.25, -0.2) is 4.98 Å². The van der Waals surface area contributed by atoms with Crippen LogP contribution in [0.2, 0.25) is 0 Å². The number of hydrogen-bond donors (Lipinski definition) is 2. The van der Waals surface area contributed by atoms with Gasteiger partial charge in [-0.3, -0.25) is 9.69 Å². The first-order chi connectivity index (χ1) is 15.2. The maximum absolute atomic E-state index is 13.4. The van der Waals surface area contributed by atoms with Gasteiger partial charge in [-0.1, -0.05) is 18.2 Å².